The summed E-state index contributed by atoms with van der Waals surface area (Å²) in [7, 11) is 0. The van der Waals surface area contributed by atoms with Crippen LogP contribution < -0.4 is 5.32 Å². The molecule has 0 spiro atoms. The molecule has 0 bridgehead atoms. The second kappa shape index (κ2) is 8.38. The van der Waals surface area contributed by atoms with Crippen molar-refractivity contribution >= 4 is 0 Å². The first-order valence-corrected chi connectivity index (χ1v) is 9.21. The third-order valence-electron chi connectivity index (χ3n) is 5.71. The van der Waals surface area contributed by atoms with Gasteiger partial charge in [-0.15, -0.1) is 0 Å². The molecule has 1 saturated carbocycles. The van der Waals surface area contributed by atoms with Gasteiger partial charge in [-0.2, -0.15) is 0 Å². The molecular formula is C18H36N2. The summed E-state index contributed by atoms with van der Waals surface area (Å²) in [5, 5.41) is 3.97. The number of hydrogen-bond donors (Lipinski definition) is 1. The molecule has 0 aromatic rings. The Balaban J connectivity index is 1.72. The van der Waals surface area contributed by atoms with E-state index < -0.39 is 0 Å². The molecule has 2 rings (SSSR count). The Kier molecular flexibility index (Phi) is 6.83. The van der Waals surface area contributed by atoms with Gasteiger partial charge >= 0.3 is 0 Å². The number of nitrogens with one attached hydrogen (secondary N) is 1. The summed E-state index contributed by atoms with van der Waals surface area (Å²) < 4.78 is 0. The standard InChI is InChI=1S/C18H36N2/c1-4-12-20-13-6-7-17(14-20)15(3)19-18-10-8-16(5-2)9-11-18/h15-19H,4-14H2,1-3H3. The van der Waals surface area contributed by atoms with E-state index in [9.17, 15) is 0 Å². The predicted molar refractivity (Wildman–Crippen MR) is 88.1 cm³/mol. The summed E-state index contributed by atoms with van der Waals surface area (Å²) in [5.74, 6) is 1.89. The third kappa shape index (κ3) is 4.73. The third-order valence-corrected chi connectivity index (χ3v) is 5.71. The Labute approximate surface area is 126 Å². The monoisotopic (exact) mass is 280 g/mol. The van der Waals surface area contributed by atoms with E-state index in [-0.39, 0.29) is 0 Å². The average Bonchev–Trinajstić information content (AvgIpc) is 2.48. The van der Waals surface area contributed by atoms with Gasteiger partial charge in [-0.1, -0.05) is 20.3 Å². The highest BCUT2D eigenvalue weighted by atomic mass is 15.1. The first kappa shape index (κ1) is 16.3. The van der Waals surface area contributed by atoms with Crippen molar-refractivity contribution < 1.29 is 0 Å². The van der Waals surface area contributed by atoms with Crippen molar-refractivity contribution in [1.29, 1.82) is 0 Å². The maximum absolute atomic E-state index is 3.97. The van der Waals surface area contributed by atoms with Gasteiger partial charge in [-0.25, -0.2) is 0 Å². The van der Waals surface area contributed by atoms with Crippen LogP contribution >= 0.6 is 0 Å². The molecule has 2 atom stereocenters. The second-order valence-corrected chi connectivity index (χ2v) is 7.28. The van der Waals surface area contributed by atoms with Gasteiger partial charge in [0.1, 0.15) is 0 Å². The molecule has 1 N–H and O–H groups in total. The van der Waals surface area contributed by atoms with Crippen LogP contribution in [0, 0.1) is 11.8 Å². The van der Waals surface area contributed by atoms with Crippen LogP contribution in [0.25, 0.3) is 0 Å². The lowest BCUT2D eigenvalue weighted by Crippen LogP contribution is -2.48. The fourth-order valence-corrected chi connectivity index (χ4v) is 4.26. The van der Waals surface area contributed by atoms with E-state index in [1.165, 1.54) is 71.0 Å². The van der Waals surface area contributed by atoms with Crippen molar-refractivity contribution in [2.24, 2.45) is 11.8 Å². The Bertz CT molecular complexity index is 256. The molecule has 2 nitrogen and oxygen atoms in total. The summed E-state index contributed by atoms with van der Waals surface area (Å²) >= 11 is 0. The van der Waals surface area contributed by atoms with Crippen LogP contribution in [0.1, 0.15) is 72.1 Å². The first-order valence-electron chi connectivity index (χ1n) is 9.21. The molecule has 1 aliphatic carbocycles. The minimum Gasteiger partial charge on any atom is -0.311 e. The van der Waals surface area contributed by atoms with E-state index in [1.807, 2.05) is 0 Å². The molecular weight excluding hydrogens is 244 g/mol. The van der Waals surface area contributed by atoms with Crippen molar-refractivity contribution in [3.05, 3.63) is 0 Å². The maximum Gasteiger partial charge on any atom is 0.00818 e. The number of piperidine rings is 1. The van der Waals surface area contributed by atoms with E-state index >= 15 is 0 Å². The minimum atomic E-state index is 0.706. The smallest absolute Gasteiger partial charge is 0.00818 e. The van der Waals surface area contributed by atoms with Crippen molar-refractivity contribution in [2.45, 2.75) is 84.2 Å². The van der Waals surface area contributed by atoms with Gasteiger partial charge in [0, 0.05) is 18.6 Å². The zero-order valence-electron chi connectivity index (χ0n) is 14.0. The fraction of sp³-hybridized carbons (Fsp3) is 1.00. The summed E-state index contributed by atoms with van der Waals surface area (Å²) in [5.41, 5.74) is 0. The number of likely N-dealkylation sites (tertiary alicyclic amines) is 1. The Morgan fingerprint density at radius 2 is 1.85 bits per heavy atom. The summed E-state index contributed by atoms with van der Waals surface area (Å²) in [6.45, 7) is 11.0. The molecule has 0 radical (unpaired) electrons. The predicted octanol–water partition coefficient (Wildman–Crippen LogP) is 4.06. The first-order chi connectivity index (χ1) is 9.72. The Morgan fingerprint density at radius 1 is 1.10 bits per heavy atom. The molecule has 2 fully saturated rings. The molecule has 118 valence electrons. The quantitative estimate of drug-likeness (QED) is 0.789. The second-order valence-electron chi connectivity index (χ2n) is 7.28. The average molecular weight is 280 g/mol. The van der Waals surface area contributed by atoms with Crippen LogP contribution in [0.3, 0.4) is 0 Å². The van der Waals surface area contributed by atoms with Crippen LogP contribution in [0.2, 0.25) is 0 Å². The van der Waals surface area contributed by atoms with Crippen LogP contribution in [-0.2, 0) is 0 Å². The molecule has 2 unspecified atom stereocenters. The van der Waals surface area contributed by atoms with Crippen LogP contribution in [-0.4, -0.2) is 36.6 Å². The van der Waals surface area contributed by atoms with Gasteiger partial charge < -0.3 is 10.2 Å². The molecule has 2 aliphatic rings. The lowest BCUT2D eigenvalue weighted by molar-refractivity contribution is 0.140. The van der Waals surface area contributed by atoms with Gasteiger partial charge in [0.15, 0.2) is 0 Å². The molecule has 1 saturated heterocycles. The van der Waals surface area contributed by atoms with Crippen molar-refractivity contribution in [3.63, 3.8) is 0 Å². The SMILES string of the molecule is CCCN1CCCC(C(C)NC2CCC(CC)CC2)C1. The number of rotatable bonds is 6. The molecule has 0 aromatic carbocycles. The van der Waals surface area contributed by atoms with E-state index in [4.69, 9.17) is 0 Å². The van der Waals surface area contributed by atoms with Crippen molar-refractivity contribution in [2.75, 3.05) is 19.6 Å². The number of nitrogens with zero attached hydrogens (tertiary/aromatic N) is 1. The molecule has 0 aromatic heterocycles. The van der Waals surface area contributed by atoms with Gasteiger partial charge in [-0.05, 0) is 76.8 Å². The molecule has 1 aliphatic heterocycles. The van der Waals surface area contributed by atoms with Gasteiger partial charge in [0.25, 0.3) is 0 Å². The number of hydrogen-bond acceptors (Lipinski definition) is 2. The zero-order chi connectivity index (χ0) is 14.4. The molecule has 2 heteroatoms. The molecule has 20 heavy (non-hydrogen) atoms. The summed E-state index contributed by atoms with van der Waals surface area (Å²) in [6.07, 6.45) is 11.2. The fourth-order valence-electron chi connectivity index (χ4n) is 4.26. The van der Waals surface area contributed by atoms with Crippen LogP contribution in [0.15, 0.2) is 0 Å². The highest BCUT2D eigenvalue weighted by Gasteiger charge is 2.27. The van der Waals surface area contributed by atoms with E-state index in [0.717, 1.165) is 17.9 Å². The summed E-state index contributed by atoms with van der Waals surface area (Å²) in [6, 6.07) is 1.51. The largest absolute Gasteiger partial charge is 0.311 e. The van der Waals surface area contributed by atoms with Crippen LogP contribution in [0.4, 0.5) is 0 Å². The topological polar surface area (TPSA) is 15.3 Å². The van der Waals surface area contributed by atoms with Crippen molar-refractivity contribution in [1.82, 2.24) is 10.2 Å². The van der Waals surface area contributed by atoms with E-state index in [0.29, 0.717) is 6.04 Å². The van der Waals surface area contributed by atoms with Gasteiger partial charge in [0.05, 0.1) is 0 Å². The van der Waals surface area contributed by atoms with Crippen LogP contribution in [0.5, 0.6) is 0 Å². The summed E-state index contributed by atoms with van der Waals surface area (Å²) in [4.78, 5) is 2.68. The zero-order valence-corrected chi connectivity index (χ0v) is 14.0. The van der Waals surface area contributed by atoms with E-state index in [1.54, 1.807) is 0 Å². The maximum atomic E-state index is 3.97. The molecule has 0 amide bonds. The van der Waals surface area contributed by atoms with Crippen molar-refractivity contribution in [3.8, 4) is 0 Å². The highest BCUT2D eigenvalue weighted by molar-refractivity contribution is 4.85. The van der Waals surface area contributed by atoms with Gasteiger partial charge in [-0.3, -0.25) is 0 Å². The lowest BCUT2D eigenvalue weighted by atomic mass is 9.83. The molecule has 1 heterocycles. The highest BCUT2D eigenvalue weighted by Crippen LogP contribution is 2.28. The van der Waals surface area contributed by atoms with E-state index in [2.05, 4.69) is 31.0 Å². The lowest BCUT2D eigenvalue weighted by Gasteiger charge is -2.38. The Hall–Kier alpha value is -0.0800. The minimum absolute atomic E-state index is 0.706. The van der Waals surface area contributed by atoms with Gasteiger partial charge in [0.2, 0.25) is 0 Å². The Morgan fingerprint density at radius 3 is 2.50 bits per heavy atom. The normalized spacial score (nSPS) is 34.0.